The second-order valence-corrected chi connectivity index (χ2v) is 3.68. The van der Waals surface area contributed by atoms with Crippen LogP contribution in [0.25, 0.3) is 0 Å². The zero-order valence-electron chi connectivity index (χ0n) is 9.17. The van der Waals surface area contributed by atoms with E-state index in [0.717, 1.165) is 17.7 Å². The standard InChI is InChI=1S/C11H15N5/c1-16-7-4-10(15-16)8-11(14-12)9-2-5-13-6-3-9/h2-7,11,14H,8,12H2,1H3. The second-order valence-electron chi connectivity index (χ2n) is 3.68. The number of hydrazine groups is 1. The Morgan fingerprint density at radius 3 is 2.69 bits per heavy atom. The lowest BCUT2D eigenvalue weighted by molar-refractivity contribution is 0.541. The van der Waals surface area contributed by atoms with Gasteiger partial charge in [0, 0.05) is 32.1 Å². The highest BCUT2D eigenvalue weighted by Crippen LogP contribution is 2.15. The zero-order chi connectivity index (χ0) is 11.4. The molecule has 0 radical (unpaired) electrons. The number of aromatic nitrogens is 3. The molecular weight excluding hydrogens is 202 g/mol. The van der Waals surface area contributed by atoms with Gasteiger partial charge in [0.2, 0.25) is 0 Å². The molecule has 0 bridgehead atoms. The van der Waals surface area contributed by atoms with Crippen LogP contribution >= 0.6 is 0 Å². The predicted octanol–water partition coefficient (Wildman–Crippen LogP) is 0.562. The van der Waals surface area contributed by atoms with Gasteiger partial charge in [-0.2, -0.15) is 5.10 Å². The van der Waals surface area contributed by atoms with Crippen LogP contribution in [-0.2, 0) is 13.5 Å². The van der Waals surface area contributed by atoms with Gasteiger partial charge in [0.25, 0.3) is 0 Å². The van der Waals surface area contributed by atoms with Crippen LogP contribution < -0.4 is 11.3 Å². The Balaban J connectivity index is 2.12. The maximum atomic E-state index is 5.55. The largest absolute Gasteiger partial charge is 0.276 e. The second kappa shape index (κ2) is 4.87. The van der Waals surface area contributed by atoms with E-state index in [1.54, 1.807) is 17.1 Å². The summed E-state index contributed by atoms with van der Waals surface area (Å²) in [6.45, 7) is 0. The summed E-state index contributed by atoms with van der Waals surface area (Å²) in [6, 6.07) is 5.96. The SMILES string of the molecule is Cn1ccc(CC(NN)c2ccncc2)n1. The number of hydrogen-bond donors (Lipinski definition) is 2. The molecule has 2 heterocycles. The molecule has 2 aromatic rings. The topological polar surface area (TPSA) is 68.8 Å². The van der Waals surface area contributed by atoms with E-state index in [-0.39, 0.29) is 6.04 Å². The van der Waals surface area contributed by atoms with Gasteiger partial charge in [-0.25, -0.2) is 0 Å². The number of rotatable bonds is 4. The van der Waals surface area contributed by atoms with Gasteiger partial charge >= 0.3 is 0 Å². The summed E-state index contributed by atoms with van der Waals surface area (Å²) in [7, 11) is 1.90. The summed E-state index contributed by atoms with van der Waals surface area (Å²) in [5.74, 6) is 5.55. The van der Waals surface area contributed by atoms with Crippen LogP contribution in [0.3, 0.4) is 0 Å². The molecule has 0 fully saturated rings. The van der Waals surface area contributed by atoms with Crippen molar-refractivity contribution < 1.29 is 0 Å². The number of nitrogens with two attached hydrogens (primary N) is 1. The molecule has 2 aromatic heterocycles. The molecule has 1 atom stereocenters. The van der Waals surface area contributed by atoms with Crippen LogP contribution in [0.5, 0.6) is 0 Å². The van der Waals surface area contributed by atoms with Gasteiger partial charge in [-0.05, 0) is 23.8 Å². The summed E-state index contributed by atoms with van der Waals surface area (Å²) in [4.78, 5) is 3.98. The maximum Gasteiger partial charge on any atom is 0.0643 e. The fourth-order valence-corrected chi connectivity index (χ4v) is 1.65. The Morgan fingerprint density at radius 1 is 1.38 bits per heavy atom. The van der Waals surface area contributed by atoms with Crippen molar-refractivity contribution in [2.45, 2.75) is 12.5 Å². The van der Waals surface area contributed by atoms with Crippen molar-refractivity contribution in [2.24, 2.45) is 12.9 Å². The molecular formula is C11H15N5. The van der Waals surface area contributed by atoms with Gasteiger partial charge in [-0.1, -0.05) is 0 Å². The van der Waals surface area contributed by atoms with Crippen molar-refractivity contribution in [3.05, 3.63) is 48.0 Å². The molecule has 0 aliphatic carbocycles. The predicted molar refractivity (Wildman–Crippen MR) is 61.2 cm³/mol. The van der Waals surface area contributed by atoms with Gasteiger partial charge in [0.1, 0.15) is 0 Å². The Bertz CT molecular complexity index is 437. The van der Waals surface area contributed by atoms with Gasteiger partial charge in [-0.15, -0.1) is 0 Å². The van der Waals surface area contributed by atoms with Crippen LogP contribution in [0.2, 0.25) is 0 Å². The normalized spacial score (nSPS) is 12.6. The van der Waals surface area contributed by atoms with Crippen molar-refractivity contribution in [1.82, 2.24) is 20.2 Å². The van der Waals surface area contributed by atoms with Crippen molar-refractivity contribution in [2.75, 3.05) is 0 Å². The highest BCUT2D eigenvalue weighted by Gasteiger charge is 2.11. The molecule has 0 saturated carbocycles. The minimum Gasteiger partial charge on any atom is -0.276 e. The van der Waals surface area contributed by atoms with E-state index in [0.29, 0.717) is 0 Å². The molecule has 3 N–H and O–H groups in total. The van der Waals surface area contributed by atoms with E-state index in [1.807, 2.05) is 31.4 Å². The lowest BCUT2D eigenvalue weighted by Gasteiger charge is -2.14. The van der Waals surface area contributed by atoms with E-state index in [1.165, 1.54) is 0 Å². The Hall–Kier alpha value is -1.72. The number of nitrogens with zero attached hydrogens (tertiary/aromatic N) is 3. The van der Waals surface area contributed by atoms with Gasteiger partial charge in [-0.3, -0.25) is 20.9 Å². The fraction of sp³-hybridized carbons (Fsp3) is 0.273. The minimum absolute atomic E-state index is 0.0675. The Labute approximate surface area is 94.3 Å². The molecule has 5 heteroatoms. The average molecular weight is 217 g/mol. The smallest absolute Gasteiger partial charge is 0.0643 e. The molecule has 0 spiro atoms. The summed E-state index contributed by atoms with van der Waals surface area (Å²) in [5.41, 5.74) is 4.93. The zero-order valence-corrected chi connectivity index (χ0v) is 9.17. The minimum atomic E-state index is 0.0675. The van der Waals surface area contributed by atoms with Crippen LogP contribution in [0, 0.1) is 0 Å². The van der Waals surface area contributed by atoms with Crippen LogP contribution in [0.15, 0.2) is 36.8 Å². The first-order valence-corrected chi connectivity index (χ1v) is 5.14. The van der Waals surface area contributed by atoms with Crippen molar-refractivity contribution in [3.8, 4) is 0 Å². The third-order valence-corrected chi connectivity index (χ3v) is 2.49. The van der Waals surface area contributed by atoms with E-state index in [9.17, 15) is 0 Å². The van der Waals surface area contributed by atoms with E-state index < -0.39 is 0 Å². The molecule has 2 rings (SSSR count). The molecule has 16 heavy (non-hydrogen) atoms. The van der Waals surface area contributed by atoms with Crippen LogP contribution in [-0.4, -0.2) is 14.8 Å². The van der Waals surface area contributed by atoms with Gasteiger partial charge in [0.15, 0.2) is 0 Å². The lowest BCUT2D eigenvalue weighted by Crippen LogP contribution is -2.29. The maximum absolute atomic E-state index is 5.55. The third-order valence-electron chi connectivity index (χ3n) is 2.49. The van der Waals surface area contributed by atoms with Crippen LogP contribution in [0.1, 0.15) is 17.3 Å². The number of aryl methyl sites for hydroxylation is 1. The molecule has 1 unspecified atom stereocenters. The molecule has 5 nitrogen and oxygen atoms in total. The molecule has 0 amide bonds. The van der Waals surface area contributed by atoms with Crippen molar-refractivity contribution in [3.63, 3.8) is 0 Å². The fourth-order valence-electron chi connectivity index (χ4n) is 1.65. The Kier molecular flexibility index (Phi) is 3.28. The monoisotopic (exact) mass is 217 g/mol. The van der Waals surface area contributed by atoms with Crippen LogP contribution in [0.4, 0.5) is 0 Å². The highest BCUT2D eigenvalue weighted by atomic mass is 15.3. The Morgan fingerprint density at radius 2 is 2.12 bits per heavy atom. The average Bonchev–Trinajstić information content (AvgIpc) is 2.73. The molecule has 0 aliphatic heterocycles. The summed E-state index contributed by atoms with van der Waals surface area (Å²) >= 11 is 0. The quantitative estimate of drug-likeness (QED) is 0.580. The van der Waals surface area contributed by atoms with E-state index in [4.69, 9.17) is 5.84 Å². The first kappa shape index (κ1) is 10.8. The molecule has 84 valence electrons. The van der Waals surface area contributed by atoms with Gasteiger partial charge in [0.05, 0.1) is 11.7 Å². The molecule has 0 aromatic carbocycles. The summed E-state index contributed by atoms with van der Waals surface area (Å²) < 4.78 is 1.79. The van der Waals surface area contributed by atoms with E-state index in [2.05, 4.69) is 15.5 Å². The third kappa shape index (κ3) is 2.44. The summed E-state index contributed by atoms with van der Waals surface area (Å²) in [5, 5.41) is 4.33. The molecule has 0 aliphatic rings. The lowest BCUT2D eigenvalue weighted by atomic mass is 10.0. The first-order valence-electron chi connectivity index (χ1n) is 5.14. The highest BCUT2D eigenvalue weighted by molar-refractivity contribution is 5.17. The molecule has 0 saturated heterocycles. The number of nitrogens with one attached hydrogen (secondary N) is 1. The van der Waals surface area contributed by atoms with Crippen molar-refractivity contribution in [1.29, 1.82) is 0 Å². The summed E-state index contributed by atoms with van der Waals surface area (Å²) in [6.07, 6.45) is 6.22. The number of hydrogen-bond acceptors (Lipinski definition) is 4. The van der Waals surface area contributed by atoms with Gasteiger partial charge < -0.3 is 0 Å². The van der Waals surface area contributed by atoms with Crippen molar-refractivity contribution >= 4 is 0 Å². The first-order chi connectivity index (χ1) is 7.79. The number of pyridine rings is 1. The van der Waals surface area contributed by atoms with E-state index >= 15 is 0 Å².